The maximum absolute atomic E-state index is 11.7. The van der Waals surface area contributed by atoms with E-state index >= 15 is 0 Å². The largest absolute Gasteiger partial charge is 0.356 e. The molecule has 104 valence electrons. The Morgan fingerprint density at radius 2 is 2.00 bits per heavy atom. The fourth-order valence-corrected chi connectivity index (χ4v) is 1.80. The van der Waals surface area contributed by atoms with Crippen molar-refractivity contribution in [2.24, 2.45) is 0 Å². The molecular weight excluding hydrogens is 264 g/mol. The van der Waals surface area contributed by atoms with Gasteiger partial charge in [0.25, 0.3) is 0 Å². The van der Waals surface area contributed by atoms with Crippen molar-refractivity contribution in [3.8, 4) is 0 Å². The van der Waals surface area contributed by atoms with Crippen LogP contribution in [0.4, 0.5) is 5.69 Å². The van der Waals surface area contributed by atoms with Crippen LogP contribution in [0.15, 0.2) is 18.2 Å². The van der Waals surface area contributed by atoms with Gasteiger partial charge >= 0.3 is 0 Å². The number of hydrogen-bond acceptors (Lipinski definition) is 2. The summed E-state index contributed by atoms with van der Waals surface area (Å²) in [6.45, 7) is 4.51. The molecule has 5 heteroatoms. The van der Waals surface area contributed by atoms with Gasteiger partial charge < -0.3 is 10.6 Å². The van der Waals surface area contributed by atoms with Gasteiger partial charge in [0, 0.05) is 17.3 Å². The molecule has 1 rings (SSSR count). The van der Waals surface area contributed by atoms with E-state index in [1.165, 1.54) is 0 Å². The lowest BCUT2D eigenvalue weighted by atomic mass is 10.2. The molecule has 2 amide bonds. The molecule has 19 heavy (non-hydrogen) atoms. The molecule has 1 aromatic rings. The topological polar surface area (TPSA) is 58.2 Å². The number of halogens is 1. The van der Waals surface area contributed by atoms with Gasteiger partial charge in [-0.1, -0.05) is 24.9 Å². The zero-order valence-electron chi connectivity index (χ0n) is 11.3. The summed E-state index contributed by atoms with van der Waals surface area (Å²) < 4.78 is 0. The van der Waals surface area contributed by atoms with Crippen LogP contribution in [-0.2, 0) is 9.59 Å². The van der Waals surface area contributed by atoms with Gasteiger partial charge in [-0.3, -0.25) is 9.59 Å². The average molecular weight is 283 g/mol. The lowest BCUT2D eigenvalue weighted by molar-refractivity contribution is -0.126. The van der Waals surface area contributed by atoms with Crippen molar-refractivity contribution < 1.29 is 9.59 Å². The van der Waals surface area contributed by atoms with Crippen molar-refractivity contribution in [1.82, 2.24) is 5.32 Å². The van der Waals surface area contributed by atoms with Crippen LogP contribution in [0.3, 0.4) is 0 Å². The van der Waals surface area contributed by atoms with Crippen LogP contribution in [0.2, 0.25) is 5.02 Å². The molecular formula is C14H19ClN2O2. The van der Waals surface area contributed by atoms with E-state index in [0.29, 0.717) is 17.3 Å². The van der Waals surface area contributed by atoms with Crippen molar-refractivity contribution in [3.05, 3.63) is 28.8 Å². The maximum Gasteiger partial charge on any atom is 0.233 e. The monoisotopic (exact) mass is 282 g/mol. The number of benzene rings is 1. The number of rotatable bonds is 6. The number of nitrogens with one attached hydrogen (secondary N) is 2. The third kappa shape index (κ3) is 5.75. The average Bonchev–Trinajstić information content (AvgIpc) is 2.33. The molecule has 1 aromatic carbocycles. The van der Waals surface area contributed by atoms with Gasteiger partial charge in [-0.15, -0.1) is 0 Å². The highest BCUT2D eigenvalue weighted by Crippen LogP contribution is 2.19. The van der Waals surface area contributed by atoms with Gasteiger partial charge in [0.1, 0.15) is 6.42 Å². The maximum atomic E-state index is 11.7. The number of anilines is 1. The highest BCUT2D eigenvalue weighted by Gasteiger charge is 2.10. The third-order valence-corrected chi connectivity index (χ3v) is 2.87. The quantitative estimate of drug-likeness (QED) is 0.623. The highest BCUT2D eigenvalue weighted by molar-refractivity contribution is 6.30. The van der Waals surface area contributed by atoms with Gasteiger partial charge in [0.2, 0.25) is 11.8 Å². The van der Waals surface area contributed by atoms with Crippen LogP contribution < -0.4 is 10.6 Å². The summed E-state index contributed by atoms with van der Waals surface area (Å²) in [6.07, 6.45) is 1.77. The van der Waals surface area contributed by atoms with E-state index in [2.05, 4.69) is 10.6 Å². The predicted molar refractivity (Wildman–Crippen MR) is 77.4 cm³/mol. The van der Waals surface area contributed by atoms with E-state index < -0.39 is 0 Å². The summed E-state index contributed by atoms with van der Waals surface area (Å²) >= 11 is 5.83. The Kier molecular flexibility index (Phi) is 6.36. The molecule has 0 spiro atoms. The molecule has 0 fully saturated rings. The first-order valence-electron chi connectivity index (χ1n) is 6.35. The first kappa shape index (κ1) is 15.5. The zero-order valence-corrected chi connectivity index (χ0v) is 12.0. The summed E-state index contributed by atoms with van der Waals surface area (Å²) in [5, 5.41) is 6.02. The van der Waals surface area contributed by atoms with Crippen molar-refractivity contribution in [1.29, 1.82) is 0 Å². The van der Waals surface area contributed by atoms with E-state index in [4.69, 9.17) is 11.6 Å². The standard InChI is InChI=1S/C14H19ClN2O2/c1-3-4-7-16-13(18)9-14(19)17-12-6-5-11(15)8-10(12)2/h5-6,8H,3-4,7,9H2,1-2H3,(H,16,18)(H,17,19). The Labute approximate surface area is 118 Å². The molecule has 0 aliphatic heterocycles. The van der Waals surface area contributed by atoms with Crippen LogP contribution >= 0.6 is 11.6 Å². The van der Waals surface area contributed by atoms with Crippen molar-refractivity contribution in [2.45, 2.75) is 33.1 Å². The fourth-order valence-electron chi connectivity index (χ4n) is 1.57. The Balaban J connectivity index is 2.44. The molecule has 0 aromatic heterocycles. The minimum absolute atomic E-state index is 0.161. The van der Waals surface area contributed by atoms with Crippen LogP contribution in [0.1, 0.15) is 31.7 Å². The molecule has 4 nitrogen and oxygen atoms in total. The van der Waals surface area contributed by atoms with Crippen LogP contribution in [0, 0.1) is 6.92 Å². The normalized spacial score (nSPS) is 10.1. The van der Waals surface area contributed by atoms with Gasteiger partial charge in [0.15, 0.2) is 0 Å². The first-order valence-corrected chi connectivity index (χ1v) is 6.73. The fraction of sp³-hybridized carbons (Fsp3) is 0.429. The van der Waals surface area contributed by atoms with Crippen LogP contribution in [-0.4, -0.2) is 18.4 Å². The van der Waals surface area contributed by atoms with Crippen molar-refractivity contribution >= 4 is 29.1 Å². The SMILES string of the molecule is CCCCNC(=O)CC(=O)Nc1ccc(Cl)cc1C. The number of aryl methyl sites for hydroxylation is 1. The molecule has 0 unspecified atom stereocenters. The van der Waals surface area contributed by atoms with Crippen LogP contribution in [0.5, 0.6) is 0 Å². The van der Waals surface area contributed by atoms with Crippen LogP contribution in [0.25, 0.3) is 0 Å². The molecule has 0 saturated heterocycles. The first-order chi connectivity index (χ1) is 9.02. The Morgan fingerprint density at radius 3 is 2.63 bits per heavy atom. The molecule has 0 radical (unpaired) electrons. The number of carbonyl (C=O) groups excluding carboxylic acids is 2. The second kappa shape index (κ2) is 7.79. The minimum atomic E-state index is -0.320. The molecule has 0 saturated carbocycles. The van der Waals surface area contributed by atoms with E-state index in [1.807, 2.05) is 13.8 Å². The second-order valence-corrected chi connectivity index (χ2v) is 4.82. The number of amides is 2. The van der Waals surface area contributed by atoms with Gasteiger partial charge in [-0.2, -0.15) is 0 Å². The molecule has 0 atom stereocenters. The predicted octanol–water partition coefficient (Wildman–Crippen LogP) is 2.89. The summed E-state index contributed by atoms with van der Waals surface area (Å²) in [7, 11) is 0. The number of carbonyl (C=O) groups is 2. The Hall–Kier alpha value is -1.55. The van der Waals surface area contributed by atoms with Gasteiger partial charge in [-0.25, -0.2) is 0 Å². The van der Waals surface area contributed by atoms with Crippen molar-refractivity contribution in [3.63, 3.8) is 0 Å². The molecule has 2 N–H and O–H groups in total. The third-order valence-electron chi connectivity index (χ3n) is 2.64. The van der Waals surface area contributed by atoms with E-state index in [0.717, 1.165) is 18.4 Å². The van der Waals surface area contributed by atoms with Gasteiger partial charge in [-0.05, 0) is 37.1 Å². The Bertz CT molecular complexity index is 461. The minimum Gasteiger partial charge on any atom is -0.356 e. The lowest BCUT2D eigenvalue weighted by Crippen LogP contribution is -2.28. The molecule has 0 bridgehead atoms. The molecule has 0 aliphatic rings. The zero-order chi connectivity index (χ0) is 14.3. The summed E-state index contributed by atoms with van der Waals surface area (Å²) in [6, 6.07) is 5.19. The highest BCUT2D eigenvalue weighted by atomic mass is 35.5. The van der Waals surface area contributed by atoms with E-state index in [-0.39, 0.29) is 18.2 Å². The number of unbranched alkanes of at least 4 members (excludes halogenated alkanes) is 1. The summed E-state index contributed by atoms with van der Waals surface area (Å²) in [5.41, 5.74) is 1.54. The summed E-state index contributed by atoms with van der Waals surface area (Å²) in [4.78, 5) is 23.2. The Morgan fingerprint density at radius 1 is 1.26 bits per heavy atom. The molecule has 0 aliphatic carbocycles. The lowest BCUT2D eigenvalue weighted by Gasteiger charge is -2.09. The van der Waals surface area contributed by atoms with E-state index in [9.17, 15) is 9.59 Å². The van der Waals surface area contributed by atoms with Gasteiger partial charge in [0.05, 0.1) is 0 Å². The molecule has 0 heterocycles. The van der Waals surface area contributed by atoms with Crippen molar-refractivity contribution in [2.75, 3.05) is 11.9 Å². The number of hydrogen-bond donors (Lipinski definition) is 2. The smallest absolute Gasteiger partial charge is 0.233 e. The van der Waals surface area contributed by atoms with E-state index in [1.54, 1.807) is 18.2 Å². The summed E-state index contributed by atoms with van der Waals surface area (Å²) in [5.74, 6) is -0.572. The second-order valence-electron chi connectivity index (χ2n) is 4.39.